The molecule has 28 heavy (non-hydrogen) atoms. The first kappa shape index (κ1) is 18.2. The van der Waals surface area contributed by atoms with Crippen molar-refractivity contribution in [3.63, 3.8) is 0 Å². The summed E-state index contributed by atoms with van der Waals surface area (Å²) in [7, 11) is 0. The summed E-state index contributed by atoms with van der Waals surface area (Å²) in [4.78, 5) is 11.9. The van der Waals surface area contributed by atoms with Crippen LogP contribution in [0.1, 0.15) is 16.7 Å². The van der Waals surface area contributed by atoms with Gasteiger partial charge in [-0.25, -0.2) is 4.79 Å². The van der Waals surface area contributed by atoms with Crippen molar-refractivity contribution in [3.05, 3.63) is 80.7 Å². The van der Waals surface area contributed by atoms with Gasteiger partial charge >= 0.3 is 5.63 Å². The van der Waals surface area contributed by atoms with E-state index in [1.165, 1.54) is 6.92 Å². The summed E-state index contributed by atoms with van der Waals surface area (Å²) < 4.78 is 17.0. The van der Waals surface area contributed by atoms with Crippen LogP contribution in [0.5, 0.6) is 11.5 Å². The highest BCUT2D eigenvalue weighted by molar-refractivity contribution is 6.30. The number of halogens is 1. The van der Waals surface area contributed by atoms with E-state index < -0.39 is 5.63 Å². The van der Waals surface area contributed by atoms with Crippen molar-refractivity contribution in [2.75, 3.05) is 0 Å². The van der Waals surface area contributed by atoms with Crippen molar-refractivity contribution in [3.8, 4) is 23.0 Å². The molecule has 2 aromatic carbocycles. The Bertz CT molecular complexity index is 1240. The number of fused-ring (bicyclic) bond motifs is 1. The Hall–Kier alpha value is -3.18. The summed E-state index contributed by atoms with van der Waals surface area (Å²) in [6.45, 7) is 3.57. The fourth-order valence-electron chi connectivity index (χ4n) is 2.98. The van der Waals surface area contributed by atoms with E-state index in [-0.39, 0.29) is 17.1 Å². The van der Waals surface area contributed by atoms with Gasteiger partial charge in [-0.15, -0.1) is 0 Å². The molecular weight excluding hydrogens is 380 g/mol. The van der Waals surface area contributed by atoms with E-state index >= 15 is 0 Å². The normalized spacial score (nSPS) is 11.1. The molecule has 1 N–H and O–H groups in total. The molecule has 0 bridgehead atoms. The van der Waals surface area contributed by atoms with Crippen LogP contribution in [0.25, 0.3) is 22.5 Å². The minimum Gasteiger partial charge on any atom is -0.507 e. The zero-order chi connectivity index (χ0) is 19.8. The van der Waals surface area contributed by atoms with Gasteiger partial charge in [-0.3, -0.25) is 0 Å². The van der Waals surface area contributed by atoms with Crippen molar-refractivity contribution in [2.45, 2.75) is 20.5 Å². The molecule has 0 unspecified atom stereocenters. The molecule has 0 saturated heterocycles. The highest BCUT2D eigenvalue weighted by Crippen LogP contribution is 2.34. The third kappa shape index (κ3) is 3.37. The Labute approximate surface area is 165 Å². The summed E-state index contributed by atoms with van der Waals surface area (Å²) in [5.41, 5.74) is 1.62. The number of benzene rings is 2. The summed E-state index contributed by atoms with van der Waals surface area (Å²) in [6.07, 6.45) is 0. The Morgan fingerprint density at radius 1 is 1.04 bits per heavy atom. The standard InChI is InChI=1S/C22H17ClO5/c1-12-20(24)13(2)22(25)28-21(12)19-10-15-9-17(6-7-18(15)27-19)26-11-14-4-3-5-16(23)8-14/h3-10,24H,11H2,1-2H3. The SMILES string of the molecule is Cc1c(-c2cc3cc(OCc4cccc(Cl)c4)ccc3o2)oc(=O)c(C)c1O. The van der Waals surface area contributed by atoms with Gasteiger partial charge in [0.05, 0.1) is 5.56 Å². The van der Waals surface area contributed by atoms with Crippen LogP contribution in [0.3, 0.4) is 0 Å². The van der Waals surface area contributed by atoms with Crippen molar-refractivity contribution in [1.82, 2.24) is 0 Å². The zero-order valence-electron chi connectivity index (χ0n) is 15.3. The molecule has 0 radical (unpaired) electrons. The lowest BCUT2D eigenvalue weighted by Gasteiger charge is -2.06. The zero-order valence-corrected chi connectivity index (χ0v) is 16.0. The van der Waals surface area contributed by atoms with Crippen LogP contribution in [0.4, 0.5) is 0 Å². The monoisotopic (exact) mass is 396 g/mol. The predicted molar refractivity (Wildman–Crippen MR) is 107 cm³/mol. The number of hydrogen-bond donors (Lipinski definition) is 1. The summed E-state index contributed by atoms with van der Waals surface area (Å²) in [5, 5.41) is 11.6. The third-order valence-electron chi connectivity index (χ3n) is 4.56. The maximum absolute atomic E-state index is 11.9. The fourth-order valence-corrected chi connectivity index (χ4v) is 3.20. The van der Waals surface area contributed by atoms with Crippen LogP contribution in [0.2, 0.25) is 5.02 Å². The van der Waals surface area contributed by atoms with Gasteiger partial charge in [-0.1, -0.05) is 23.7 Å². The summed E-state index contributed by atoms with van der Waals surface area (Å²) in [6, 6.07) is 14.7. The lowest BCUT2D eigenvalue weighted by molar-refractivity contribution is 0.306. The van der Waals surface area contributed by atoms with Crippen LogP contribution < -0.4 is 10.4 Å². The molecule has 0 spiro atoms. The van der Waals surface area contributed by atoms with Crippen LogP contribution in [-0.4, -0.2) is 5.11 Å². The van der Waals surface area contributed by atoms with Crippen LogP contribution in [-0.2, 0) is 6.61 Å². The van der Waals surface area contributed by atoms with Crippen LogP contribution >= 0.6 is 11.6 Å². The van der Waals surface area contributed by atoms with Crippen LogP contribution in [0.15, 0.2) is 62.2 Å². The number of hydrogen-bond acceptors (Lipinski definition) is 5. The fraction of sp³-hybridized carbons (Fsp3) is 0.136. The quantitative estimate of drug-likeness (QED) is 0.485. The third-order valence-corrected chi connectivity index (χ3v) is 4.79. The predicted octanol–water partition coefficient (Wildman–Crippen LogP) is 5.61. The molecule has 0 atom stereocenters. The van der Waals surface area contributed by atoms with E-state index in [1.807, 2.05) is 30.3 Å². The molecule has 0 fully saturated rings. The van der Waals surface area contributed by atoms with Gasteiger partial charge in [0.2, 0.25) is 0 Å². The van der Waals surface area contributed by atoms with Crippen molar-refractivity contribution < 1.29 is 18.7 Å². The molecule has 6 heteroatoms. The summed E-state index contributed by atoms with van der Waals surface area (Å²) in [5.74, 6) is 1.17. The average molecular weight is 397 g/mol. The first-order valence-corrected chi connectivity index (χ1v) is 9.04. The van der Waals surface area contributed by atoms with Gasteiger partial charge in [-0.2, -0.15) is 0 Å². The Morgan fingerprint density at radius 3 is 2.64 bits per heavy atom. The number of ether oxygens (including phenoxy) is 1. The van der Waals surface area contributed by atoms with Crippen molar-refractivity contribution >= 4 is 22.6 Å². The maximum Gasteiger partial charge on any atom is 0.343 e. The molecule has 142 valence electrons. The van der Waals surface area contributed by atoms with Gasteiger partial charge in [0.15, 0.2) is 11.5 Å². The second-order valence-corrected chi connectivity index (χ2v) is 6.98. The van der Waals surface area contributed by atoms with Gasteiger partial charge in [0.1, 0.15) is 23.7 Å². The minimum atomic E-state index is -0.593. The van der Waals surface area contributed by atoms with Gasteiger partial charge in [0, 0.05) is 16.0 Å². The molecule has 2 aromatic heterocycles. The van der Waals surface area contributed by atoms with E-state index in [4.69, 9.17) is 25.2 Å². The average Bonchev–Trinajstić information content (AvgIpc) is 3.10. The van der Waals surface area contributed by atoms with E-state index in [2.05, 4.69) is 0 Å². The second kappa shape index (κ2) is 7.09. The molecule has 0 aliphatic rings. The second-order valence-electron chi connectivity index (χ2n) is 6.55. The van der Waals surface area contributed by atoms with Gasteiger partial charge < -0.3 is 18.7 Å². The summed E-state index contributed by atoms with van der Waals surface area (Å²) >= 11 is 5.99. The maximum atomic E-state index is 11.9. The van der Waals surface area contributed by atoms with Crippen LogP contribution in [0, 0.1) is 13.8 Å². The number of furan rings is 1. The van der Waals surface area contributed by atoms with E-state index in [0.717, 1.165) is 10.9 Å². The van der Waals surface area contributed by atoms with E-state index in [0.29, 0.717) is 34.3 Å². The molecule has 4 rings (SSSR count). The number of rotatable bonds is 4. The highest BCUT2D eigenvalue weighted by Gasteiger charge is 2.18. The lowest BCUT2D eigenvalue weighted by atomic mass is 10.1. The molecule has 0 aliphatic carbocycles. The molecule has 0 aliphatic heterocycles. The molecular formula is C22H17ClO5. The Morgan fingerprint density at radius 2 is 1.86 bits per heavy atom. The van der Waals surface area contributed by atoms with E-state index in [9.17, 15) is 9.90 Å². The topological polar surface area (TPSA) is 72.8 Å². The largest absolute Gasteiger partial charge is 0.507 e. The first-order valence-electron chi connectivity index (χ1n) is 8.67. The highest BCUT2D eigenvalue weighted by atomic mass is 35.5. The lowest BCUT2D eigenvalue weighted by Crippen LogP contribution is -2.05. The molecule has 4 aromatic rings. The first-order chi connectivity index (χ1) is 13.4. The molecule has 0 amide bonds. The Balaban J connectivity index is 1.65. The van der Waals surface area contributed by atoms with Gasteiger partial charge in [0.25, 0.3) is 0 Å². The molecule has 5 nitrogen and oxygen atoms in total. The van der Waals surface area contributed by atoms with E-state index in [1.54, 1.807) is 25.1 Å². The van der Waals surface area contributed by atoms with Crippen molar-refractivity contribution in [2.24, 2.45) is 0 Å². The minimum absolute atomic E-state index is 0.0859. The smallest absolute Gasteiger partial charge is 0.343 e. The molecule has 2 heterocycles. The number of aromatic hydroxyl groups is 1. The van der Waals surface area contributed by atoms with Crippen molar-refractivity contribution in [1.29, 1.82) is 0 Å². The Kier molecular flexibility index (Phi) is 4.61. The van der Waals surface area contributed by atoms with Gasteiger partial charge in [-0.05, 0) is 55.8 Å². The molecule has 0 saturated carbocycles.